The van der Waals surface area contributed by atoms with Gasteiger partial charge in [-0.25, -0.2) is 4.39 Å². The average molecular weight is 198 g/mol. The Morgan fingerprint density at radius 2 is 2.21 bits per heavy atom. The van der Waals surface area contributed by atoms with Crippen LogP contribution >= 0.6 is 0 Å². The van der Waals surface area contributed by atoms with Gasteiger partial charge in [0.25, 0.3) is 0 Å². The Labute approximate surface area is 85.3 Å². The monoisotopic (exact) mass is 198 g/mol. The van der Waals surface area contributed by atoms with Crippen LogP contribution in [0.4, 0.5) is 4.39 Å². The summed E-state index contributed by atoms with van der Waals surface area (Å²) in [5, 5.41) is 0. The molecule has 0 aromatic rings. The molecule has 2 atom stereocenters. The van der Waals surface area contributed by atoms with E-state index in [0.717, 1.165) is 12.8 Å². The maximum absolute atomic E-state index is 12.7. The molecule has 0 saturated heterocycles. The molecule has 0 aromatic heterocycles. The van der Waals surface area contributed by atoms with Crippen LogP contribution in [0.15, 0.2) is 23.4 Å². The van der Waals surface area contributed by atoms with E-state index in [2.05, 4.69) is 0 Å². The third-order valence-electron chi connectivity index (χ3n) is 2.55. The summed E-state index contributed by atoms with van der Waals surface area (Å²) in [5.74, 6) is 0. The lowest BCUT2D eigenvalue weighted by atomic mass is 10.3. The molecule has 0 amide bonds. The van der Waals surface area contributed by atoms with Crippen molar-refractivity contribution in [2.45, 2.75) is 39.0 Å². The zero-order valence-electron chi connectivity index (χ0n) is 9.13. The lowest BCUT2D eigenvalue weighted by Crippen LogP contribution is -2.18. The second-order valence-corrected chi connectivity index (χ2v) is 3.92. The molecule has 0 heterocycles. The van der Waals surface area contributed by atoms with E-state index in [-0.39, 0.29) is 6.04 Å². The van der Waals surface area contributed by atoms with Gasteiger partial charge in [0, 0.05) is 13.1 Å². The zero-order valence-corrected chi connectivity index (χ0v) is 9.13. The number of nitrogens with zero attached hydrogens (tertiary/aromatic N) is 1. The third kappa shape index (κ3) is 3.14. The van der Waals surface area contributed by atoms with E-state index < -0.39 is 6.30 Å². The van der Waals surface area contributed by atoms with Gasteiger partial charge in [0.15, 0.2) is 6.30 Å². The second-order valence-electron chi connectivity index (χ2n) is 3.92. The fourth-order valence-electron chi connectivity index (χ4n) is 1.35. The molecule has 1 aliphatic carbocycles. The van der Waals surface area contributed by atoms with Crippen molar-refractivity contribution < 1.29 is 4.39 Å². The lowest BCUT2D eigenvalue weighted by Gasteiger charge is -2.14. The van der Waals surface area contributed by atoms with Gasteiger partial charge in [-0.2, -0.15) is 0 Å². The van der Waals surface area contributed by atoms with Crippen molar-refractivity contribution in [2.75, 3.05) is 7.05 Å². The molecule has 0 saturated carbocycles. The highest BCUT2D eigenvalue weighted by atomic mass is 19.1. The van der Waals surface area contributed by atoms with Crippen molar-refractivity contribution in [3.63, 3.8) is 0 Å². The maximum atomic E-state index is 12.7. The van der Waals surface area contributed by atoms with Gasteiger partial charge in [0.05, 0.1) is 0 Å². The highest BCUT2D eigenvalue weighted by molar-refractivity contribution is 5.39. The summed E-state index contributed by atoms with van der Waals surface area (Å²) >= 11 is 0. The van der Waals surface area contributed by atoms with Gasteiger partial charge in [-0.3, -0.25) is 0 Å². The minimum absolute atomic E-state index is 0.191. The summed E-state index contributed by atoms with van der Waals surface area (Å²) in [4.78, 5) is 1.55. The van der Waals surface area contributed by atoms with Crippen LogP contribution in [-0.2, 0) is 0 Å². The quantitative estimate of drug-likeness (QED) is 0.542. The number of hydrogen-bond donors (Lipinski definition) is 1. The molecule has 3 heteroatoms. The van der Waals surface area contributed by atoms with Crippen LogP contribution < -0.4 is 5.73 Å². The van der Waals surface area contributed by atoms with Crippen LogP contribution in [0.25, 0.3) is 0 Å². The van der Waals surface area contributed by atoms with Gasteiger partial charge in [-0.15, -0.1) is 0 Å². The first-order valence-electron chi connectivity index (χ1n) is 5.01. The minimum Gasteiger partial charge on any atom is -0.352 e. The largest absolute Gasteiger partial charge is 0.352 e. The number of allylic oxidation sites excluding steroid dienone is 2. The van der Waals surface area contributed by atoms with Crippen LogP contribution in [0.5, 0.6) is 0 Å². The topological polar surface area (TPSA) is 29.3 Å². The van der Waals surface area contributed by atoms with Gasteiger partial charge in [-0.1, -0.05) is 11.6 Å². The molecule has 0 radical (unpaired) electrons. The van der Waals surface area contributed by atoms with E-state index in [1.54, 1.807) is 18.1 Å². The third-order valence-corrected chi connectivity index (χ3v) is 2.55. The molecule has 1 rings (SSSR count). The highest BCUT2D eigenvalue weighted by Crippen LogP contribution is 2.35. The molecule has 0 fully saturated rings. The molecule has 2 unspecified atom stereocenters. The predicted molar refractivity (Wildman–Crippen MR) is 57.4 cm³/mol. The molecule has 0 bridgehead atoms. The second kappa shape index (κ2) is 4.60. The SMILES string of the molecule is CC(N)C1=C(C/C=C/N(C)C(C)F)C1. The highest BCUT2D eigenvalue weighted by Gasteiger charge is 2.22. The van der Waals surface area contributed by atoms with Crippen LogP contribution in [0.1, 0.15) is 26.7 Å². The predicted octanol–water partition coefficient (Wildman–Crippen LogP) is 2.19. The summed E-state index contributed by atoms with van der Waals surface area (Å²) in [5.41, 5.74) is 8.49. The Morgan fingerprint density at radius 3 is 2.64 bits per heavy atom. The standard InChI is InChI=1S/C11H19FN2/c1-8(13)11-7-10(11)5-4-6-14(3)9(2)12/h4,6,8-9H,5,7,13H2,1-3H3/b6-4+. The number of rotatable bonds is 5. The lowest BCUT2D eigenvalue weighted by molar-refractivity contribution is 0.179. The fourth-order valence-corrected chi connectivity index (χ4v) is 1.35. The Hall–Kier alpha value is -0.830. The number of halogens is 1. The van der Waals surface area contributed by atoms with E-state index in [0.29, 0.717) is 0 Å². The molecule has 2 N–H and O–H groups in total. The van der Waals surface area contributed by atoms with E-state index >= 15 is 0 Å². The fraction of sp³-hybridized carbons (Fsp3) is 0.636. The van der Waals surface area contributed by atoms with Crippen LogP contribution in [0, 0.1) is 0 Å². The maximum Gasteiger partial charge on any atom is 0.168 e. The summed E-state index contributed by atoms with van der Waals surface area (Å²) in [7, 11) is 1.73. The van der Waals surface area contributed by atoms with Gasteiger partial charge in [0.2, 0.25) is 0 Å². The molecule has 0 spiro atoms. The van der Waals surface area contributed by atoms with Gasteiger partial charge in [0.1, 0.15) is 0 Å². The van der Waals surface area contributed by atoms with Crippen molar-refractivity contribution in [3.05, 3.63) is 23.4 Å². The first-order valence-corrected chi connectivity index (χ1v) is 5.01. The van der Waals surface area contributed by atoms with Crippen molar-refractivity contribution in [2.24, 2.45) is 5.73 Å². The van der Waals surface area contributed by atoms with Crippen molar-refractivity contribution in [1.29, 1.82) is 0 Å². The molecule has 80 valence electrons. The number of nitrogens with two attached hydrogens (primary N) is 1. The van der Waals surface area contributed by atoms with Gasteiger partial charge in [-0.05, 0) is 38.5 Å². The van der Waals surface area contributed by atoms with Crippen molar-refractivity contribution >= 4 is 0 Å². The Morgan fingerprint density at radius 1 is 1.57 bits per heavy atom. The van der Waals surface area contributed by atoms with Crippen LogP contribution in [0.2, 0.25) is 0 Å². The summed E-state index contributed by atoms with van der Waals surface area (Å²) < 4.78 is 12.7. The number of hydrogen-bond acceptors (Lipinski definition) is 2. The van der Waals surface area contributed by atoms with E-state index in [1.807, 2.05) is 13.0 Å². The first-order chi connectivity index (χ1) is 6.52. The van der Waals surface area contributed by atoms with Crippen molar-refractivity contribution in [1.82, 2.24) is 4.90 Å². The normalized spacial score (nSPS) is 20.1. The van der Waals surface area contributed by atoms with E-state index in [1.165, 1.54) is 18.1 Å². The summed E-state index contributed by atoms with van der Waals surface area (Å²) in [6.07, 6.45) is 4.83. The van der Waals surface area contributed by atoms with Crippen molar-refractivity contribution in [3.8, 4) is 0 Å². The Bertz CT molecular complexity index is 254. The van der Waals surface area contributed by atoms with E-state index in [9.17, 15) is 4.39 Å². The molecule has 0 aromatic carbocycles. The molecule has 1 aliphatic rings. The van der Waals surface area contributed by atoms with Gasteiger partial charge < -0.3 is 10.6 Å². The molecular formula is C11H19FN2. The smallest absolute Gasteiger partial charge is 0.168 e. The van der Waals surface area contributed by atoms with Crippen LogP contribution in [0.3, 0.4) is 0 Å². The molecule has 14 heavy (non-hydrogen) atoms. The summed E-state index contributed by atoms with van der Waals surface area (Å²) in [6, 6.07) is 0.191. The van der Waals surface area contributed by atoms with E-state index in [4.69, 9.17) is 5.73 Å². The first kappa shape index (κ1) is 11.2. The minimum atomic E-state index is -0.924. The molecule has 0 aliphatic heterocycles. The molecule has 2 nitrogen and oxygen atoms in total. The number of alkyl halides is 1. The Kier molecular flexibility index (Phi) is 3.69. The average Bonchev–Trinajstić information content (AvgIpc) is 2.83. The zero-order chi connectivity index (χ0) is 10.7. The Balaban J connectivity index is 2.29. The van der Waals surface area contributed by atoms with Gasteiger partial charge >= 0.3 is 0 Å². The molecular weight excluding hydrogens is 179 g/mol. The van der Waals surface area contributed by atoms with Crippen LogP contribution in [-0.4, -0.2) is 24.3 Å². The summed E-state index contributed by atoms with van der Waals surface area (Å²) in [6.45, 7) is 3.52.